The van der Waals surface area contributed by atoms with Crippen LogP contribution in [0.2, 0.25) is 5.02 Å². The lowest BCUT2D eigenvalue weighted by molar-refractivity contribution is -0.113. The Morgan fingerprint density at radius 2 is 1.88 bits per heavy atom. The minimum atomic E-state index is -0.401. The van der Waals surface area contributed by atoms with Crippen LogP contribution in [0.1, 0.15) is 5.56 Å². The van der Waals surface area contributed by atoms with E-state index in [9.17, 15) is 9.59 Å². The maximum Gasteiger partial charge on any atom is 0.298 e. The van der Waals surface area contributed by atoms with E-state index < -0.39 is 5.91 Å². The number of thioether (sulfide) groups is 1. The Morgan fingerprint density at radius 1 is 1.08 bits per heavy atom. The van der Waals surface area contributed by atoms with Gasteiger partial charge in [-0.1, -0.05) is 17.7 Å². The van der Waals surface area contributed by atoms with Crippen LogP contribution in [0.25, 0.3) is 6.08 Å². The lowest BCUT2D eigenvalue weighted by atomic mass is 10.1. The van der Waals surface area contributed by atoms with E-state index in [-0.39, 0.29) is 5.24 Å². The molecule has 1 aliphatic rings. The first kappa shape index (κ1) is 17.4. The molecule has 1 fully saturated rings. The number of ether oxygens (including phenoxy) is 2. The molecule has 2 aromatic rings. The number of carbonyl (C=O) groups is 2. The molecule has 0 radical (unpaired) electrons. The third-order valence-corrected chi connectivity index (χ3v) is 4.69. The summed E-state index contributed by atoms with van der Waals surface area (Å²) < 4.78 is 10.5. The van der Waals surface area contributed by atoms with Gasteiger partial charge in [-0.05, 0) is 54.2 Å². The zero-order valence-electron chi connectivity index (χ0n) is 13.5. The first-order valence-electron chi connectivity index (χ1n) is 7.29. The first-order chi connectivity index (χ1) is 12.0. The number of methoxy groups -OCH3 is 2. The number of hydrogen-bond donors (Lipinski definition) is 0. The normalized spacial score (nSPS) is 15.8. The van der Waals surface area contributed by atoms with Crippen LogP contribution in [-0.4, -0.2) is 25.4 Å². The second-order valence-electron chi connectivity index (χ2n) is 5.10. The fourth-order valence-electron chi connectivity index (χ4n) is 2.40. The van der Waals surface area contributed by atoms with Crippen molar-refractivity contribution >= 4 is 46.3 Å². The van der Waals surface area contributed by atoms with Gasteiger partial charge in [0, 0.05) is 10.6 Å². The lowest BCUT2D eigenvalue weighted by Crippen LogP contribution is -2.27. The predicted molar refractivity (Wildman–Crippen MR) is 99.4 cm³/mol. The zero-order valence-corrected chi connectivity index (χ0v) is 15.1. The standard InChI is InChI=1S/C18H14ClNO4S/c1-23-14-6-7-15(24-2)11(8-14)9-16-17(21)20(18(22)25-16)13-5-3-4-12(19)10-13/h3-10H,1-2H3/b16-9+. The number of rotatable bonds is 4. The number of amides is 2. The third-order valence-electron chi connectivity index (χ3n) is 3.58. The van der Waals surface area contributed by atoms with Gasteiger partial charge in [0.05, 0.1) is 24.8 Å². The van der Waals surface area contributed by atoms with Crippen molar-refractivity contribution < 1.29 is 19.1 Å². The lowest BCUT2D eigenvalue weighted by Gasteiger charge is -2.12. The fourth-order valence-corrected chi connectivity index (χ4v) is 3.42. The molecule has 0 spiro atoms. The van der Waals surface area contributed by atoms with E-state index in [1.165, 1.54) is 7.11 Å². The van der Waals surface area contributed by atoms with E-state index in [2.05, 4.69) is 0 Å². The molecule has 0 unspecified atom stereocenters. The molecule has 0 bridgehead atoms. The average molecular weight is 376 g/mol. The van der Waals surface area contributed by atoms with Gasteiger partial charge in [-0.15, -0.1) is 0 Å². The molecule has 0 atom stereocenters. The van der Waals surface area contributed by atoms with Crippen molar-refractivity contribution in [3.63, 3.8) is 0 Å². The van der Waals surface area contributed by atoms with Gasteiger partial charge in [-0.25, -0.2) is 4.90 Å². The summed E-state index contributed by atoms with van der Waals surface area (Å²) in [7, 11) is 3.09. The van der Waals surface area contributed by atoms with Crippen molar-refractivity contribution in [2.45, 2.75) is 0 Å². The van der Waals surface area contributed by atoms with Gasteiger partial charge in [0.25, 0.3) is 11.1 Å². The fraction of sp³-hybridized carbons (Fsp3) is 0.111. The number of nitrogens with zero attached hydrogens (tertiary/aromatic N) is 1. The van der Waals surface area contributed by atoms with Crippen LogP contribution in [-0.2, 0) is 4.79 Å². The number of imide groups is 1. The Balaban J connectivity index is 1.98. The van der Waals surface area contributed by atoms with E-state index >= 15 is 0 Å². The number of halogens is 1. The quantitative estimate of drug-likeness (QED) is 0.731. The van der Waals surface area contributed by atoms with Crippen molar-refractivity contribution in [2.24, 2.45) is 0 Å². The smallest absolute Gasteiger partial charge is 0.298 e. The van der Waals surface area contributed by atoms with Crippen molar-refractivity contribution in [1.29, 1.82) is 0 Å². The summed E-state index contributed by atoms with van der Waals surface area (Å²) in [5.74, 6) is 0.804. The summed E-state index contributed by atoms with van der Waals surface area (Å²) in [5.41, 5.74) is 1.09. The number of anilines is 1. The van der Waals surface area contributed by atoms with E-state index in [4.69, 9.17) is 21.1 Å². The van der Waals surface area contributed by atoms with Crippen LogP contribution in [0.4, 0.5) is 10.5 Å². The van der Waals surface area contributed by atoms with Crippen LogP contribution in [0.3, 0.4) is 0 Å². The van der Waals surface area contributed by atoms with Crippen LogP contribution < -0.4 is 14.4 Å². The zero-order chi connectivity index (χ0) is 18.0. The molecule has 1 aliphatic heterocycles. The highest BCUT2D eigenvalue weighted by Crippen LogP contribution is 2.38. The maximum atomic E-state index is 12.7. The molecule has 2 aromatic carbocycles. The minimum Gasteiger partial charge on any atom is -0.497 e. The Labute approximate surface area is 154 Å². The van der Waals surface area contributed by atoms with Crippen LogP contribution >= 0.6 is 23.4 Å². The van der Waals surface area contributed by atoms with E-state index in [0.717, 1.165) is 16.7 Å². The molecule has 0 aromatic heterocycles. The van der Waals surface area contributed by atoms with Gasteiger partial charge < -0.3 is 9.47 Å². The van der Waals surface area contributed by atoms with Crippen LogP contribution in [0, 0.1) is 0 Å². The Bertz CT molecular complexity index is 881. The highest BCUT2D eigenvalue weighted by molar-refractivity contribution is 8.19. The highest BCUT2D eigenvalue weighted by Gasteiger charge is 2.36. The Morgan fingerprint density at radius 3 is 2.56 bits per heavy atom. The first-order valence-corrected chi connectivity index (χ1v) is 8.48. The molecule has 0 saturated carbocycles. The largest absolute Gasteiger partial charge is 0.497 e. The Kier molecular flexibility index (Phi) is 5.01. The molecular formula is C18H14ClNO4S. The van der Waals surface area contributed by atoms with Gasteiger partial charge in [-0.2, -0.15) is 0 Å². The maximum absolute atomic E-state index is 12.7. The van der Waals surface area contributed by atoms with E-state index in [1.807, 2.05) is 0 Å². The van der Waals surface area contributed by atoms with Gasteiger partial charge in [0.1, 0.15) is 11.5 Å². The average Bonchev–Trinajstić information content (AvgIpc) is 2.88. The molecule has 3 rings (SSSR count). The summed E-state index contributed by atoms with van der Waals surface area (Å²) >= 11 is 6.83. The summed E-state index contributed by atoms with van der Waals surface area (Å²) in [6.45, 7) is 0. The van der Waals surface area contributed by atoms with E-state index in [0.29, 0.717) is 32.7 Å². The molecule has 0 aliphatic carbocycles. The van der Waals surface area contributed by atoms with Crippen LogP contribution in [0.5, 0.6) is 11.5 Å². The van der Waals surface area contributed by atoms with Crippen molar-refractivity contribution in [2.75, 3.05) is 19.1 Å². The molecule has 2 amide bonds. The molecule has 25 heavy (non-hydrogen) atoms. The summed E-state index contributed by atoms with van der Waals surface area (Å²) in [6, 6.07) is 11.9. The molecule has 0 N–H and O–H groups in total. The predicted octanol–water partition coefficient (Wildman–Crippen LogP) is 4.60. The van der Waals surface area contributed by atoms with Crippen molar-refractivity contribution in [3.8, 4) is 11.5 Å². The Hall–Kier alpha value is -2.44. The van der Waals surface area contributed by atoms with Gasteiger partial charge in [-0.3, -0.25) is 9.59 Å². The van der Waals surface area contributed by atoms with Crippen molar-refractivity contribution in [3.05, 3.63) is 58.0 Å². The number of carbonyl (C=O) groups excluding carboxylic acids is 2. The summed E-state index contributed by atoms with van der Waals surface area (Å²) in [6.07, 6.45) is 1.62. The van der Waals surface area contributed by atoms with Gasteiger partial charge in [0.15, 0.2) is 0 Å². The topological polar surface area (TPSA) is 55.8 Å². The number of benzene rings is 2. The molecule has 128 valence electrons. The number of hydrogen-bond acceptors (Lipinski definition) is 5. The molecule has 5 nitrogen and oxygen atoms in total. The van der Waals surface area contributed by atoms with Gasteiger partial charge in [0.2, 0.25) is 0 Å². The SMILES string of the molecule is COc1ccc(OC)c(/C=C2/SC(=O)N(c3cccc(Cl)c3)C2=O)c1. The second kappa shape index (κ2) is 7.21. The van der Waals surface area contributed by atoms with Gasteiger partial charge >= 0.3 is 0 Å². The summed E-state index contributed by atoms with van der Waals surface area (Å²) in [5, 5.41) is 0.0791. The third kappa shape index (κ3) is 3.50. The monoisotopic (exact) mass is 375 g/mol. The van der Waals surface area contributed by atoms with E-state index in [1.54, 1.807) is 55.7 Å². The molecule has 1 saturated heterocycles. The molecule has 7 heteroatoms. The summed E-state index contributed by atoms with van der Waals surface area (Å²) in [4.78, 5) is 26.4. The van der Waals surface area contributed by atoms with Crippen LogP contribution in [0.15, 0.2) is 47.4 Å². The van der Waals surface area contributed by atoms with Crippen molar-refractivity contribution in [1.82, 2.24) is 0 Å². The minimum absolute atomic E-state index is 0.302. The molecular weight excluding hydrogens is 362 g/mol. The highest BCUT2D eigenvalue weighted by atomic mass is 35.5. The molecule has 1 heterocycles. The second-order valence-corrected chi connectivity index (χ2v) is 6.53.